The highest BCUT2D eigenvalue weighted by Crippen LogP contribution is 2.26. The zero-order chi connectivity index (χ0) is 14.7. The van der Waals surface area contributed by atoms with Crippen LogP contribution in [-0.4, -0.2) is 5.84 Å². The van der Waals surface area contributed by atoms with Gasteiger partial charge in [0.25, 0.3) is 0 Å². The summed E-state index contributed by atoms with van der Waals surface area (Å²) in [5.74, 6) is -0.0832. The van der Waals surface area contributed by atoms with Gasteiger partial charge in [0.1, 0.15) is 24.0 Å². The summed E-state index contributed by atoms with van der Waals surface area (Å²) in [6.07, 6.45) is 0. The summed E-state index contributed by atoms with van der Waals surface area (Å²) in [5, 5.41) is 7.71. The van der Waals surface area contributed by atoms with Crippen molar-refractivity contribution >= 4 is 29.0 Å². The van der Waals surface area contributed by atoms with E-state index in [0.717, 1.165) is 5.56 Å². The van der Waals surface area contributed by atoms with E-state index >= 15 is 0 Å². The van der Waals surface area contributed by atoms with Crippen LogP contribution in [0.5, 0.6) is 5.75 Å². The third kappa shape index (κ3) is 3.40. The van der Waals surface area contributed by atoms with Gasteiger partial charge >= 0.3 is 0 Å². The molecule has 2 aromatic rings. The highest BCUT2D eigenvalue weighted by atomic mass is 35.5. The van der Waals surface area contributed by atoms with Gasteiger partial charge in [0.05, 0.1) is 10.0 Å². The molecular weight excluding hydrogens is 302 g/mol. The first-order chi connectivity index (χ1) is 9.47. The molecule has 3 N–H and O–H groups in total. The molecule has 0 unspecified atom stereocenters. The van der Waals surface area contributed by atoms with Crippen molar-refractivity contribution in [2.45, 2.75) is 6.61 Å². The van der Waals surface area contributed by atoms with E-state index in [1.807, 2.05) is 0 Å². The van der Waals surface area contributed by atoms with Crippen molar-refractivity contribution in [2.24, 2.45) is 5.73 Å². The van der Waals surface area contributed by atoms with Gasteiger partial charge in [0, 0.05) is 5.56 Å². The number of hydrogen-bond donors (Lipinski definition) is 2. The second kappa shape index (κ2) is 6.11. The first kappa shape index (κ1) is 14.6. The molecule has 2 rings (SSSR count). The molecule has 20 heavy (non-hydrogen) atoms. The summed E-state index contributed by atoms with van der Waals surface area (Å²) in [5.41, 5.74) is 6.61. The lowest BCUT2D eigenvalue weighted by Gasteiger charge is -2.09. The molecule has 0 radical (unpaired) electrons. The van der Waals surface area contributed by atoms with Crippen molar-refractivity contribution in [3.8, 4) is 5.75 Å². The number of nitrogens with one attached hydrogen (secondary N) is 1. The highest BCUT2D eigenvalue weighted by molar-refractivity contribution is 6.32. The van der Waals surface area contributed by atoms with Crippen molar-refractivity contribution in [1.29, 1.82) is 5.41 Å². The molecule has 0 aromatic heterocycles. The van der Waals surface area contributed by atoms with Crippen LogP contribution in [0.15, 0.2) is 36.4 Å². The fourth-order valence-corrected chi connectivity index (χ4v) is 2.01. The maximum atomic E-state index is 13.0. The zero-order valence-corrected chi connectivity index (χ0v) is 11.8. The van der Waals surface area contributed by atoms with Crippen LogP contribution in [0.4, 0.5) is 4.39 Å². The number of halogens is 3. The molecule has 0 amide bonds. The van der Waals surface area contributed by atoms with Crippen LogP contribution in [0.3, 0.4) is 0 Å². The molecule has 0 heterocycles. The molecule has 0 spiro atoms. The monoisotopic (exact) mass is 312 g/mol. The Morgan fingerprint density at radius 2 is 1.90 bits per heavy atom. The van der Waals surface area contributed by atoms with Crippen LogP contribution in [0.25, 0.3) is 0 Å². The van der Waals surface area contributed by atoms with Crippen molar-refractivity contribution in [3.63, 3.8) is 0 Å². The summed E-state index contributed by atoms with van der Waals surface area (Å²) in [6.45, 7) is 0.207. The molecular formula is C14H11Cl2FN2O. The second-order valence-corrected chi connectivity index (χ2v) is 4.91. The van der Waals surface area contributed by atoms with E-state index in [1.165, 1.54) is 12.1 Å². The fourth-order valence-electron chi connectivity index (χ4n) is 1.58. The highest BCUT2D eigenvalue weighted by Gasteiger charge is 2.06. The minimum Gasteiger partial charge on any atom is -0.487 e. The molecule has 0 bridgehead atoms. The molecule has 0 aliphatic carbocycles. The van der Waals surface area contributed by atoms with E-state index in [2.05, 4.69) is 0 Å². The summed E-state index contributed by atoms with van der Waals surface area (Å²) in [6, 6.07) is 9.18. The van der Waals surface area contributed by atoms with Crippen LogP contribution in [0.1, 0.15) is 11.1 Å². The lowest BCUT2D eigenvalue weighted by atomic mass is 10.2. The number of amidine groups is 1. The largest absolute Gasteiger partial charge is 0.487 e. The van der Waals surface area contributed by atoms with Gasteiger partial charge in [0.2, 0.25) is 0 Å². The molecule has 6 heteroatoms. The Balaban J connectivity index is 2.10. The Labute approximate surface area is 125 Å². The predicted molar refractivity (Wildman–Crippen MR) is 78.2 cm³/mol. The van der Waals surface area contributed by atoms with E-state index < -0.39 is 5.82 Å². The first-order valence-corrected chi connectivity index (χ1v) is 6.43. The van der Waals surface area contributed by atoms with Gasteiger partial charge < -0.3 is 10.5 Å². The van der Waals surface area contributed by atoms with Crippen molar-refractivity contribution in [2.75, 3.05) is 0 Å². The summed E-state index contributed by atoms with van der Waals surface area (Å²) >= 11 is 11.7. The zero-order valence-electron chi connectivity index (χ0n) is 10.3. The Hall–Kier alpha value is -1.78. The van der Waals surface area contributed by atoms with E-state index in [-0.39, 0.29) is 17.5 Å². The number of nitrogen functional groups attached to an aromatic ring is 1. The van der Waals surface area contributed by atoms with Crippen LogP contribution in [-0.2, 0) is 6.61 Å². The Morgan fingerprint density at radius 3 is 2.50 bits per heavy atom. The average molecular weight is 313 g/mol. The normalized spacial score (nSPS) is 10.3. The number of ether oxygens (including phenoxy) is 1. The number of benzene rings is 2. The Kier molecular flexibility index (Phi) is 4.47. The summed E-state index contributed by atoms with van der Waals surface area (Å²) in [7, 11) is 0. The van der Waals surface area contributed by atoms with Gasteiger partial charge in [-0.1, -0.05) is 29.3 Å². The van der Waals surface area contributed by atoms with Crippen LogP contribution < -0.4 is 10.5 Å². The molecule has 0 saturated heterocycles. The SMILES string of the molecule is N=C(N)c1ccc(OCc2ccc(F)c(Cl)c2)c(Cl)c1. The quantitative estimate of drug-likeness (QED) is 0.662. The lowest BCUT2D eigenvalue weighted by molar-refractivity contribution is 0.306. The minimum absolute atomic E-state index is 0.0455. The maximum Gasteiger partial charge on any atom is 0.141 e. The molecule has 0 aliphatic heterocycles. The first-order valence-electron chi connectivity index (χ1n) is 5.68. The third-order valence-electron chi connectivity index (χ3n) is 2.62. The topological polar surface area (TPSA) is 59.1 Å². The van der Waals surface area contributed by atoms with Gasteiger partial charge in [-0.2, -0.15) is 0 Å². The van der Waals surface area contributed by atoms with Crippen molar-refractivity contribution in [3.05, 3.63) is 63.4 Å². The molecule has 2 aromatic carbocycles. The molecule has 0 saturated carbocycles. The number of hydrogen-bond acceptors (Lipinski definition) is 2. The van der Waals surface area contributed by atoms with E-state index in [0.29, 0.717) is 16.3 Å². The van der Waals surface area contributed by atoms with Crippen LogP contribution >= 0.6 is 23.2 Å². The van der Waals surface area contributed by atoms with Gasteiger partial charge in [-0.25, -0.2) is 4.39 Å². The molecule has 0 aliphatic rings. The van der Waals surface area contributed by atoms with Crippen LogP contribution in [0.2, 0.25) is 10.0 Å². The van der Waals surface area contributed by atoms with Crippen LogP contribution in [0, 0.1) is 11.2 Å². The predicted octanol–water partition coefficient (Wildman–Crippen LogP) is 4.00. The van der Waals surface area contributed by atoms with Gasteiger partial charge in [-0.05, 0) is 35.9 Å². The minimum atomic E-state index is -0.473. The molecule has 0 fully saturated rings. The second-order valence-electron chi connectivity index (χ2n) is 4.10. The smallest absolute Gasteiger partial charge is 0.141 e. The van der Waals surface area contributed by atoms with Gasteiger partial charge in [-0.15, -0.1) is 0 Å². The van der Waals surface area contributed by atoms with Gasteiger partial charge in [-0.3, -0.25) is 5.41 Å². The Morgan fingerprint density at radius 1 is 1.15 bits per heavy atom. The summed E-state index contributed by atoms with van der Waals surface area (Å²) in [4.78, 5) is 0. The summed E-state index contributed by atoms with van der Waals surface area (Å²) < 4.78 is 18.5. The molecule has 104 valence electrons. The Bertz CT molecular complexity index is 662. The molecule has 0 atom stereocenters. The average Bonchev–Trinajstić information content (AvgIpc) is 2.41. The van der Waals surface area contributed by atoms with E-state index in [1.54, 1.807) is 24.3 Å². The van der Waals surface area contributed by atoms with Crippen molar-refractivity contribution in [1.82, 2.24) is 0 Å². The maximum absolute atomic E-state index is 13.0. The fraction of sp³-hybridized carbons (Fsp3) is 0.0714. The third-order valence-corrected chi connectivity index (χ3v) is 3.21. The lowest BCUT2D eigenvalue weighted by Crippen LogP contribution is -2.10. The number of nitrogens with two attached hydrogens (primary N) is 1. The number of rotatable bonds is 4. The van der Waals surface area contributed by atoms with E-state index in [9.17, 15) is 4.39 Å². The standard InChI is InChI=1S/C14H11Cl2FN2O/c15-10-5-8(1-3-12(10)17)7-20-13-4-2-9(14(18)19)6-11(13)16/h1-6H,7H2,(H3,18,19). The molecule has 3 nitrogen and oxygen atoms in total. The van der Waals surface area contributed by atoms with Crippen molar-refractivity contribution < 1.29 is 9.13 Å². The van der Waals surface area contributed by atoms with E-state index in [4.69, 9.17) is 39.1 Å². The van der Waals surface area contributed by atoms with Gasteiger partial charge in [0.15, 0.2) is 0 Å².